The average molecular weight is 332 g/mol. The highest BCUT2D eigenvalue weighted by atomic mass is 16.6. The number of benzene rings is 1. The zero-order valence-corrected chi connectivity index (χ0v) is 12.4. The lowest BCUT2D eigenvalue weighted by Crippen LogP contribution is -2.24. The van der Waals surface area contributed by atoms with Crippen LogP contribution in [0, 0.1) is 27.2 Å². The highest BCUT2D eigenvalue weighted by Crippen LogP contribution is 2.13. The number of nitrogens with zero attached hydrogens (tertiary/aromatic N) is 5. The Morgan fingerprint density at radius 1 is 1.38 bits per heavy atom. The van der Waals surface area contributed by atoms with Gasteiger partial charge in [-0.25, -0.2) is 15.0 Å². The first kappa shape index (κ1) is 16.7. The van der Waals surface area contributed by atoms with Crippen molar-refractivity contribution >= 4 is 23.6 Å². The fraction of sp³-hybridized carbons (Fsp3) is 0.154. The highest BCUT2D eigenvalue weighted by Gasteiger charge is 2.19. The van der Waals surface area contributed by atoms with Gasteiger partial charge in [-0.3, -0.25) is 14.9 Å². The number of hydrogen-bond donors (Lipinski definition) is 1. The van der Waals surface area contributed by atoms with Gasteiger partial charge < -0.3 is 10.1 Å². The Labute approximate surface area is 134 Å². The number of hydrogen-bond acceptors (Lipinski definition) is 7. The van der Waals surface area contributed by atoms with Crippen molar-refractivity contribution in [2.75, 3.05) is 0 Å². The van der Waals surface area contributed by atoms with E-state index < -0.39 is 15.8 Å². The van der Waals surface area contributed by atoms with E-state index in [1.807, 2.05) is 0 Å². The van der Waals surface area contributed by atoms with Gasteiger partial charge in [0.15, 0.2) is 12.4 Å². The summed E-state index contributed by atoms with van der Waals surface area (Å²) < 4.78 is 1.14. The Morgan fingerprint density at radius 2 is 2.12 bits per heavy atom. The van der Waals surface area contributed by atoms with Crippen LogP contribution >= 0.6 is 0 Å². The average Bonchev–Trinajstić information content (AvgIpc) is 2.89. The van der Waals surface area contributed by atoms with Crippen LogP contribution in [0.3, 0.4) is 0 Å². The molecule has 1 aromatic heterocycles. The van der Waals surface area contributed by atoms with E-state index in [9.17, 15) is 25.0 Å². The summed E-state index contributed by atoms with van der Waals surface area (Å²) in [6, 6.07) is 5.68. The molecule has 124 valence electrons. The number of aromatic nitrogens is 2. The fourth-order valence-corrected chi connectivity index (χ4v) is 1.87. The van der Waals surface area contributed by atoms with Crippen LogP contribution in [0.4, 0.5) is 11.5 Å². The number of imidazole rings is 1. The Balaban J connectivity index is 2.01. The van der Waals surface area contributed by atoms with Crippen molar-refractivity contribution in [2.24, 2.45) is 5.10 Å². The number of nitrogens with one attached hydrogen (secondary N) is 1. The molecule has 1 aromatic carbocycles. The quantitative estimate of drug-likeness (QED) is 0.477. The smallest absolute Gasteiger partial charge is 0.343 e. The lowest BCUT2D eigenvalue weighted by atomic mass is 10.2. The van der Waals surface area contributed by atoms with Crippen LogP contribution in [-0.4, -0.2) is 31.5 Å². The van der Waals surface area contributed by atoms with Crippen molar-refractivity contribution in [3.63, 3.8) is 0 Å². The van der Waals surface area contributed by atoms with Crippen molar-refractivity contribution < 1.29 is 14.6 Å². The molecule has 11 nitrogen and oxygen atoms in total. The number of rotatable bonds is 6. The molecule has 0 atom stereocenters. The van der Waals surface area contributed by atoms with Gasteiger partial charge in [0.1, 0.15) is 6.20 Å². The molecular formula is C13H12N6O5. The Kier molecular flexibility index (Phi) is 4.94. The van der Waals surface area contributed by atoms with Crippen LogP contribution < -0.4 is 5.43 Å². The van der Waals surface area contributed by atoms with Crippen LogP contribution in [0.15, 0.2) is 35.6 Å². The largest absolute Gasteiger partial charge is 0.358 e. The summed E-state index contributed by atoms with van der Waals surface area (Å²) in [6.07, 6.45) is 2.30. The summed E-state index contributed by atoms with van der Waals surface area (Å²) in [4.78, 5) is 35.9. The lowest BCUT2D eigenvalue weighted by Gasteiger charge is -2.01. The molecule has 2 aromatic rings. The molecule has 1 amide bonds. The molecule has 0 spiro atoms. The van der Waals surface area contributed by atoms with E-state index in [-0.39, 0.29) is 18.1 Å². The van der Waals surface area contributed by atoms with E-state index in [1.165, 1.54) is 31.3 Å². The number of nitro benzene ring substituents is 1. The maximum absolute atomic E-state index is 11.8. The summed E-state index contributed by atoms with van der Waals surface area (Å²) in [6.45, 7) is 1.21. The minimum absolute atomic E-state index is 0.102. The van der Waals surface area contributed by atoms with Crippen LogP contribution in [0.25, 0.3) is 0 Å². The second-order valence-corrected chi connectivity index (χ2v) is 4.65. The van der Waals surface area contributed by atoms with Crippen molar-refractivity contribution in [3.8, 4) is 0 Å². The third-order valence-corrected chi connectivity index (χ3v) is 3.01. The van der Waals surface area contributed by atoms with Crippen molar-refractivity contribution in [1.82, 2.24) is 15.0 Å². The maximum Gasteiger partial charge on any atom is 0.343 e. The summed E-state index contributed by atoms with van der Waals surface area (Å²) >= 11 is 0. The van der Waals surface area contributed by atoms with E-state index in [0.717, 1.165) is 10.8 Å². The van der Waals surface area contributed by atoms with Crippen LogP contribution in [0.2, 0.25) is 0 Å². The van der Waals surface area contributed by atoms with Crippen molar-refractivity contribution in [3.05, 3.63) is 62.1 Å². The van der Waals surface area contributed by atoms with Gasteiger partial charge in [-0.2, -0.15) is 5.10 Å². The Morgan fingerprint density at radius 3 is 2.79 bits per heavy atom. The Bertz CT molecular complexity index is 828. The second kappa shape index (κ2) is 7.09. The van der Waals surface area contributed by atoms with Gasteiger partial charge in [-0.1, -0.05) is 12.1 Å². The van der Waals surface area contributed by atoms with E-state index >= 15 is 0 Å². The first-order valence-electron chi connectivity index (χ1n) is 6.61. The molecule has 0 fully saturated rings. The SMILES string of the molecule is Cc1ncc([N+](=O)[O-])n1CC(=O)N/N=C\c1cccc([N+](=O)[O-])c1. The highest BCUT2D eigenvalue weighted by molar-refractivity contribution is 5.83. The molecule has 0 bridgehead atoms. The van der Waals surface area contributed by atoms with Crippen molar-refractivity contribution in [1.29, 1.82) is 0 Å². The van der Waals surface area contributed by atoms with Gasteiger partial charge in [-0.15, -0.1) is 0 Å². The van der Waals surface area contributed by atoms with Crippen LogP contribution in [0.1, 0.15) is 11.4 Å². The molecular weight excluding hydrogens is 320 g/mol. The normalized spacial score (nSPS) is 10.7. The third-order valence-electron chi connectivity index (χ3n) is 3.01. The topological polar surface area (TPSA) is 146 Å². The minimum Gasteiger partial charge on any atom is -0.358 e. The predicted octanol–water partition coefficient (Wildman–Crippen LogP) is 1.16. The van der Waals surface area contributed by atoms with E-state index in [2.05, 4.69) is 15.5 Å². The molecule has 1 N–H and O–H groups in total. The van der Waals surface area contributed by atoms with Gasteiger partial charge in [0.2, 0.25) is 0 Å². The van der Waals surface area contributed by atoms with Crippen molar-refractivity contribution in [2.45, 2.75) is 13.5 Å². The number of carbonyl (C=O) groups is 1. The van der Waals surface area contributed by atoms with Gasteiger partial charge in [0, 0.05) is 24.6 Å². The van der Waals surface area contributed by atoms with E-state index in [0.29, 0.717) is 11.4 Å². The summed E-state index contributed by atoms with van der Waals surface area (Å²) in [7, 11) is 0. The fourth-order valence-electron chi connectivity index (χ4n) is 1.87. The number of amides is 1. The number of hydrazone groups is 1. The second-order valence-electron chi connectivity index (χ2n) is 4.65. The Hall–Kier alpha value is -3.63. The first-order chi connectivity index (χ1) is 11.4. The monoisotopic (exact) mass is 332 g/mol. The molecule has 11 heteroatoms. The van der Waals surface area contributed by atoms with E-state index in [1.54, 1.807) is 6.07 Å². The molecule has 0 saturated heterocycles. The van der Waals surface area contributed by atoms with Crippen LogP contribution in [-0.2, 0) is 11.3 Å². The zero-order valence-electron chi connectivity index (χ0n) is 12.4. The first-order valence-corrected chi connectivity index (χ1v) is 6.61. The number of aryl methyl sites for hydroxylation is 1. The predicted molar refractivity (Wildman–Crippen MR) is 82.5 cm³/mol. The number of non-ortho nitro benzene ring substituents is 1. The van der Waals surface area contributed by atoms with Gasteiger partial charge in [-0.05, 0) is 4.92 Å². The molecule has 0 saturated carbocycles. The van der Waals surface area contributed by atoms with Gasteiger partial charge in [0.05, 0.1) is 11.1 Å². The minimum atomic E-state index is -0.639. The standard InChI is InChI=1S/C13H12N6O5/c1-9-14-7-13(19(23)24)17(9)8-12(20)16-15-6-10-3-2-4-11(5-10)18(21)22/h2-7H,8H2,1H3,(H,16,20)/b15-6-. The third kappa shape index (κ3) is 3.97. The molecule has 24 heavy (non-hydrogen) atoms. The molecule has 0 aliphatic heterocycles. The van der Waals surface area contributed by atoms with E-state index in [4.69, 9.17) is 0 Å². The maximum atomic E-state index is 11.8. The summed E-state index contributed by atoms with van der Waals surface area (Å²) in [5, 5.41) is 25.2. The summed E-state index contributed by atoms with van der Waals surface area (Å²) in [5.41, 5.74) is 2.52. The van der Waals surface area contributed by atoms with Crippen LogP contribution in [0.5, 0.6) is 0 Å². The summed E-state index contributed by atoms with van der Waals surface area (Å²) in [5.74, 6) is -0.578. The number of nitro groups is 2. The molecule has 0 aliphatic rings. The lowest BCUT2D eigenvalue weighted by molar-refractivity contribution is -0.392. The molecule has 0 radical (unpaired) electrons. The van der Waals surface area contributed by atoms with Gasteiger partial charge >= 0.3 is 5.82 Å². The van der Waals surface area contributed by atoms with Gasteiger partial charge in [0.25, 0.3) is 11.6 Å². The molecule has 0 aliphatic carbocycles. The molecule has 0 unspecified atom stereocenters. The molecule has 2 rings (SSSR count). The zero-order chi connectivity index (χ0) is 17.7. The molecule has 1 heterocycles. The number of carbonyl (C=O) groups excluding carboxylic acids is 1.